The van der Waals surface area contributed by atoms with E-state index in [1.807, 2.05) is 25.1 Å². The maximum absolute atomic E-state index is 12.8. The fourth-order valence-electron chi connectivity index (χ4n) is 4.69. The van der Waals surface area contributed by atoms with Crippen LogP contribution in [0.3, 0.4) is 0 Å². The van der Waals surface area contributed by atoms with Crippen LogP contribution in [0.5, 0.6) is 5.75 Å². The Balaban J connectivity index is 1.09. The Morgan fingerprint density at radius 3 is 2.68 bits per heavy atom. The highest BCUT2D eigenvalue weighted by Gasteiger charge is 2.30. The summed E-state index contributed by atoms with van der Waals surface area (Å²) in [6, 6.07) is 12.6. The third-order valence-corrected chi connectivity index (χ3v) is 7.60. The number of aliphatic hydroxyl groups excluding tert-OH is 1. The number of benzene rings is 2. The third-order valence-electron chi connectivity index (χ3n) is 6.64. The average Bonchev–Trinajstić information content (AvgIpc) is 3.49. The molecule has 2 aromatic carbocycles. The zero-order chi connectivity index (χ0) is 26.9. The maximum Gasteiger partial charge on any atom is 0.416 e. The smallest absolute Gasteiger partial charge is 0.416 e. The number of rotatable bonds is 8. The number of ether oxygens (including phenoxy) is 1. The number of alkyl halides is 3. The number of aromatic nitrogens is 2. The summed E-state index contributed by atoms with van der Waals surface area (Å²) in [6.45, 7) is 7.74. The van der Waals surface area contributed by atoms with Crippen LogP contribution in [0.2, 0.25) is 0 Å². The van der Waals surface area contributed by atoms with Gasteiger partial charge in [-0.1, -0.05) is 17.3 Å². The van der Waals surface area contributed by atoms with Crippen LogP contribution >= 0.6 is 11.3 Å². The molecule has 202 valence electrons. The monoisotopic (exact) mass is 546 g/mol. The molecule has 38 heavy (non-hydrogen) atoms. The van der Waals surface area contributed by atoms with Crippen LogP contribution in [0.4, 0.5) is 13.2 Å². The quantitative estimate of drug-likeness (QED) is 0.325. The van der Waals surface area contributed by atoms with Gasteiger partial charge < -0.3 is 14.4 Å². The molecule has 0 saturated carbocycles. The van der Waals surface area contributed by atoms with Crippen LogP contribution in [0.15, 0.2) is 53.1 Å². The molecule has 0 amide bonds. The standard InChI is InChI=1S/C27H29F3N4O3S/c1-17-13-33(14-21-11-25(37-32-21)19-3-5-20(6-4-19)27(28,29)30)9-10-34(17)15-22(35)16-36-23-7-8-26-24(12-23)31-18(2)38-26/h3-8,11-12,17,22,35H,9-10,13-16H2,1-2H3/t17-,22-/m0/s1. The van der Waals surface area contributed by atoms with Gasteiger partial charge >= 0.3 is 6.18 Å². The van der Waals surface area contributed by atoms with E-state index < -0.39 is 17.8 Å². The maximum atomic E-state index is 12.8. The molecule has 1 fully saturated rings. The van der Waals surface area contributed by atoms with Crippen LogP contribution in [-0.4, -0.2) is 70.0 Å². The van der Waals surface area contributed by atoms with E-state index in [0.717, 1.165) is 52.7 Å². The molecule has 0 spiro atoms. The summed E-state index contributed by atoms with van der Waals surface area (Å²) in [5.74, 6) is 1.13. The number of hydrogen-bond acceptors (Lipinski definition) is 8. The summed E-state index contributed by atoms with van der Waals surface area (Å²) in [7, 11) is 0. The number of piperazine rings is 1. The van der Waals surface area contributed by atoms with Crippen LogP contribution in [0.1, 0.15) is 23.2 Å². The Morgan fingerprint density at radius 2 is 1.95 bits per heavy atom. The summed E-state index contributed by atoms with van der Waals surface area (Å²) in [6.07, 6.45) is -5.00. The number of hydrogen-bond donors (Lipinski definition) is 1. The summed E-state index contributed by atoms with van der Waals surface area (Å²) in [4.78, 5) is 8.98. The highest BCUT2D eigenvalue weighted by Crippen LogP contribution is 2.31. The van der Waals surface area contributed by atoms with Crippen LogP contribution < -0.4 is 4.74 Å². The van der Waals surface area contributed by atoms with Crippen LogP contribution in [0, 0.1) is 6.92 Å². The first-order valence-electron chi connectivity index (χ1n) is 12.4. The molecule has 4 aromatic rings. The van der Waals surface area contributed by atoms with E-state index in [1.54, 1.807) is 17.4 Å². The first-order chi connectivity index (χ1) is 18.1. The van der Waals surface area contributed by atoms with E-state index in [-0.39, 0.29) is 12.6 Å². The van der Waals surface area contributed by atoms with Crippen molar-refractivity contribution in [3.8, 4) is 17.1 Å². The molecule has 2 aromatic heterocycles. The minimum absolute atomic E-state index is 0.202. The first-order valence-corrected chi connectivity index (χ1v) is 13.2. The van der Waals surface area contributed by atoms with Gasteiger partial charge in [-0.3, -0.25) is 9.80 Å². The summed E-state index contributed by atoms with van der Waals surface area (Å²) >= 11 is 1.64. The molecule has 1 aliphatic rings. The third kappa shape index (κ3) is 6.35. The molecule has 0 aliphatic carbocycles. The van der Waals surface area contributed by atoms with Crippen LogP contribution in [0.25, 0.3) is 21.5 Å². The molecule has 2 atom stereocenters. The molecule has 0 bridgehead atoms. The lowest BCUT2D eigenvalue weighted by Gasteiger charge is -2.40. The number of halogens is 3. The normalized spacial score (nSPS) is 18.2. The minimum Gasteiger partial charge on any atom is -0.491 e. The van der Waals surface area contributed by atoms with Gasteiger partial charge in [-0.2, -0.15) is 13.2 Å². The van der Waals surface area contributed by atoms with Crippen molar-refractivity contribution in [2.75, 3.05) is 32.8 Å². The molecule has 3 heterocycles. The number of β-amino-alcohol motifs (C(OH)–C–C–N with tert-alkyl or cyclic N) is 1. The van der Waals surface area contributed by atoms with Crippen molar-refractivity contribution in [3.05, 3.63) is 64.8 Å². The van der Waals surface area contributed by atoms with E-state index >= 15 is 0 Å². The van der Waals surface area contributed by atoms with Gasteiger partial charge in [0.05, 0.1) is 26.5 Å². The fraction of sp³-hybridized carbons (Fsp3) is 0.407. The minimum atomic E-state index is -4.37. The van der Waals surface area contributed by atoms with E-state index in [0.29, 0.717) is 30.2 Å². The SMILES string of the molecule is Cc1nc2cc(OC[C@@H](O)CN3CCN(Cc4cc(-c5ccc(C(F)(F)F)cc5)on4)C[C@@H]3C)ccc2s1. The lowest BCUT2D eigenvalue weighted by Crippen LogP contribution is -2.53. The van der Waals surface area contributed by atoms with Crippen LogP contribution in [-0.2, 0) is 12.7 Å². The van der Waals surface area contributed by atoms with Gasteiger partial charge in [-0.15, -0.1) is 11.3 Å². The largest absolute Gasteiger partial charge is 0.491 e. The molecule has 5 rings (SSSR count). The van der Waals surface area contributed by atoms with Gasteiger partial charge in [0.25, 0.3) is 0 Å². The zero-order valence-electron chi connectivity index (χ0n) is 21.1. The molecule has 7 nitrogen and oxygen atoms in total. The Labute approximate surface area is 222 Å². The van der Waals surface area contributed by atoms with Crippen molar-refractivity contribution in [3.63, 3.8) is 0 Å². The summed E-state index contributed by atoms with van der Waals surface area (Å²) in [5, 5.41) is 15.7. The Hall–Kier alpha value is -2.99. The first kappa shape index (κ1) is 26.6. The van der Waals surface area contributed by atoms with Crippen molar-refractivity contribution < 1.29 is 27.5 Å². The van der Waals surface area contributed by atoms with Gasteiger partial charge in [0.1, 0.15) is 18.5 Å². The second-order valence-corrected chi connectivity index (χ2v) is 10.9. The molecule has 1 aliphatic heterocycles. The van der Waals surface area contributed by atoms with Crippen molar-refractivity contribution >= 4 is 21.6 Å². The van der Waals surface area contributed by atoms with Gasteiger partial charge in [0.15, 0.2) is 5.76 Å². The Morgan fingerprint density at radius 1 is 1.16 bits per heavy atom. The molecule has 0 unspecified atom stereocenters. The molecular formula is C27H29F3N4O3S. The molecule has 0 radical (unpaired) electrons. The van der Waals surface area contributed by atoms with Crippen molar-refractivity contribution in [2.45, 2.75) is 38.7 Å². The Kier molecular flexibility index (Phi) is 7.71. The molecule has 1 saturated heterocycles. The number of nitrogens with zero attached hydrogens (tertiary/aromatic N) is 4. The van der Waals surface area contributed by atoms with Gasteiger partial charge in [-0.05, 0) is 38.1 Å². The van der Waals surface area contributed by atoms with Gasteiger partial charge in [-0.25, -0.2) is 4.98 Å². The summed E-state index contributed by atoms with van der Waals surface area (Å²) < 4.78 is 50.7. The summed E-state index contributed by atoms with van der Waals surface area (Å²) in [5.41, 5.74) is 1.48. The Bertz CT molecular complexity index is 1370. The number of aryl methyl sites for hydroxylation is 1. The topological polar surface area (TPSA) is 74.9 Å². The average molecular weight is 547 g/mol. The second-order valence-electron chi connectivity index (χ2n) is 9.66. The highest BCUT2D eigenvalue weighted by molar-refractivity contribution is 7.18. The lowest BCUT2D eigenvalue weighted by atomic mass is 10.1. The molecular weight excluding hydrogens is 517 g/mol. The van der Waals surface area contributed by atoms with Gasteiger partial charge in [0.2, 0.25) is 0 Å². The number of aliphatic hydroxyl groups is 1. The van der Waals surface area contributed by atoms with E-state index in [2.05, 4.69) is 26.9 Å². The number of thiazole rings is 1. The molecule has 11 heteroatoms. The zero-order valence-corrected chi connectivity index (χ0v) is 21.9. The van der Waals surface area contributed by atoms with E-state index in [1.165, 1.54) is 12.1 Å². The van der Waals surface area contributed by atoms with Crippen molar-refractivity contribution in [1.82, 2.24) is 19.9 Å². The van der Waals surface area contributed by atoms with Crippen molar-refractivity contribution in [1.29, 1.82) is 0 Å². The highest BCUT2D eigenvalue weighted by atomic mass is 32.1. The fourth-order valence-corrected chi connectivity index (χ4v) is 5.50. The number of fused-ring (bicyclic) bond motifs is 1. The predicted molar refractivity (Wildman–Crippen MR) is 139 cm³/mol. The van der Waals surface area contributed by atoms with Crippen molar-refractivity contribution in [2.24, 2.45) is 0 Å². The van der Waals surface area contributed by atoms with Gasteiger partial charge in [0, 0.05) is 56.5 Å². The van der Waals surface area contributed by atoms with E-state index in [9.17, 15) is 18.3 Å². The second kappa shape index (κ2) is 11.0. The molecule has 1 N–H and O–H groups in total. The lowest BCUT2D eigenvalue weighted by molar-refractivity contribution is -0.137. The predicted octanol–water partition coefficient (Wildman–Crippen LogP) is 5.22. The van der Waals surface area contributed by atoms with E-state index in [4.69, 9.17) is 9.26 Å².